The standard InChI is InChI=1S/C20H30N4O2/c1-20(2,3)15-6-8-17(9-7-15)26-14-18-21-19(12-23(4)5)24(22-18)16-10-11-25-13-16/h6-9,16H,10-14H2,1-5H3. The fraction of sp³-hybridized carbons (Fsp3) is 0.600. The van der Waals surface area contributed by atoms with Crippen molar-refractivity contribution in [1.82, 2.24) is 19.7 Å². The summed E-state index contributed by atoms with van der Waals surface area (Å²) < 4.78 is 13.4. The smallest absolute Gasteiger partial charge is 0.188 e. The Morgan fingerprint density at radius 2 is 1.96 bits per heavy atom. The van der Waals surface area contributed by atoms with E-state index in [9.17, 15) is 0 Å². The van der Waals surface area contributed by atoms with Crippen LogP contribution in [-0.2, 0) is 23.3 Å². The highest BCUT2D eigenvalue weighted by atomic mass is 16.5. The topological polar surface area (TPSA) is 52.4 Å². The highest BCUT2D eigenvalue weighted by molar-refractivity contribution is 5.31. The lowest BCUT2D eigenvalue weighted by Crippen LogP contribution is -2.19. The average molecular weight is 358 g/mol. The Morgan fingerprint density at radius 3 is 2.54 bits per heavy atom. The Labute approximate surface area is 156 Å². The van der Waals surface area contributed by atoms with Crippen molar-refractivity contribution in [3.05, 3.63) is 41.5 Å². The number of nitrogens with zero attached hydrogens (tertiary/aromatic N) is 4. The van der Waals surface area contributed by atoms with Gasteiger partial charge in [-0.15, -0.1) is 0 Å². The Kier molecular flexibility index (Phi) is 5.63. The van der Waals surface area contributed by atoms with Gasteiger partial charge in [0.2, 0.25) is 0 Å². The minimum absolute atomic E-state index is 0.142. The molecule has 1 saturated heterocycles. The summed E-state index contributed by atoms with van der Waals surface area (Å²) in [6.07, 6.45) is 0.984. The molecule has 6 heteroatoms. The quantitative estimate of drug-likeness (QED) is 0.794. The first-order valence-corrected chi connectivity index (χ1v) is 9.23. The minimum Gasteiger partial charge on any atom is -0.486 e. The van der Waals surface area contributed by atoms with Crippen molar-refractivity contribution >= 4 is 0 Å². The van der Waals surface area contributed by atoms with E-state index >= 15 is 0 Å². The van der Waals surface area contributed by atoms with Crippen LogP contribution >= 0.6 is 0 Å². The SMILES string of the molecule is CN(C)Cc1nc(COc2ccc(C(C)(C)C)cc2)nn1C1CCOC1. The van der Waals surface area contributed by atoms with E-state index in [2.05, 4.69) is 37.8 Å². The summed E-state index contributed by atoms with van der Waals surface area (Å²) >= 11 is 0. The molecule has 1 fully saturated rings. The summed E-state index contributed by atoms with van der Waals surface area (Å²) in [6, 6.07) is 8.55. The molecule has 26 heavy (non-hydrogen) atoms. The second-order valence-electron chi connectivity index (χ2n) is 8.21. The zero-order chi connectivity index (χ0) is 18.7. The number of benzene rings is 1. The van der Waals surface area contributed by atoms with E-state index in [1.165, 1.54) is 5.56 Å². The molecule has 1 unspecified atom stereocenters. The van der Waals surface area contributed by atoms with E-state index in [-0.39, 0.29) is 11.5 Å². The maximum absolute atomic E-state index is 5.91. The van der Waals surface area contributed by atoms with Gasteiger partial charge in [-0.05, 0) is 43.6 Å². The third kappa shape index (κ3) is 4.62. The van der Waals surface area contributed by atoms with Crippen LogP contribution in [0.5, 0.6) is 5.75 Å². The minimum atomic E-state index is 0.142. The second-order valence-corrected chi connectivity index (χ2v) is 8.21. The molecule has 1 aliphatic heterocycles. The highest BCUT2D eigenvalue weighted by Gasteiger charge is 2.23. The van der Waals surface area contributed by atoms with Gasteiger partial charge in [-0.3, -0.25) is 0 Å². The number of rotatable bonds is 6. The molecule has 142 valence electrons. The van der Waals surface area contributed by atoms with Crippen molar-refractivity contribution in [2.24, 2.45) is 0 Å². The van der Waals surface area contributed by atoms with Gasteiger partial charge in [0.05, 0.1) is 19.2 Å². The monoisotopic (exact) mass is 358 g/mol. The Morgan fingerprint density at radius 1 is 1.23 bits per heavy atom. The van der Waals surface area contributed by atoms with Gasteiger partial charge in [-0.1, -0.05) is 32.9 Å². The summed E-state index contributed by atoms with van der Waals surface area (Å²) in [4.78, 5) is 6.80. The maximum Gasteiger partial charge on any atom is 0.188 e. The molecule has 0 spiro atoms. The number of aromatic nitrogens is 3. The molecule has 0 radical (unpaired) electrons. The molecule has 1 aliphatic rings. The summed E-state index contributed by atoms with van der Waals surface area (Å²) in [5.74, 6) is 2.52. The zero-order valence-corrected chi connectivity index (χ0v) is 16.5. The molecule has 6 nitrogen and oxygen atoms in total. The van der Waals surface area contributed by atoms with Crippen LogP contribution in [-0.4, -0.2) is 47.0 Å². The van der Waals surface area contributed by atoms with Gasteiger partial charge in [-0.2, -0.15) is 5.10 Å². The third-order valence-corrected chi connectivity index (χ3v) is 4.54. The molecule has 0 amide bonds. The summed E-state index contributed by atoms with van der Waals surface area (Å²) in [5, 5.41) is 4.69. The lowest BCUT2D eigenvalue weighted by atomic mass is 9.87. The number of ether oxygens (including phenoxy) is 2. The second kappa shape index (κ2) is 7.76. The molecular formula is C20H30N4O2. The maximum atomic E-state index is 5.91. The molecule has 1 atom stereocenters. The summed E-state index contributed by atoms with van der Waals surface area (Å²) in [6.45, 7) is 9.24. The van der Waals surface area contributed by atoms with Gasteiger partial charge in [0.25, 0.3) is 0 Å². The van der Waals surface area contributed by atoms with Gasteiger partial charge < -0.3 is 14.4 Å². The van der Waals surface area contributed by atoms with E-state index in [1.54, 1.807) is 0 Å². The van der Waals surface area contributed by atoms with Gasteiger partial charge in [0, 0.05) is 6.61 Å². The van der Waals surface area contributed by atoms with E-state index in [0.717, 1.165) is 31.1 Å². The molecule has 2 heterocycles. The Balaban J connectivity index is 1.69. The van der Waals surface area contributed by atoms with Crippen LogP contribution in [0.15, 0.2) is 24.3 Å². The largest absolute Gasteiger partial charge is 0.486 e. The fourth-order valence-electron chi connectivity index (χ4n) is 3.06. The predicted molar refractivity (Wildman–Crippen MR) is 101 cm³/mol. The van der Waals surface area contributed by atoms with Crippen molar-refractivity contribution < 1.29 is 9.47 Å². The molecule has 1 aromatic carbocycles. The van der Waals surface area contributed by atoms with E-state index in [0.29, 0.717) is 19.0 Å². The molecule has 2 aromatic rings. The normalized spacial score (nSPS) is 17.8. The van der Waals surface area contributed by atoms with Crippen molar-refractivity contribution in [3.63, 3.8) is 0 Å². The number of hydrogen-bond acceptors (Lipinski definition) is 5. The van der Waals surface area contributed by atoms with E-state index < -0.39 is 0 Å². The van der Waals surface area contributed by atoms with Crippen LogP contribution in [0, 0.1) is 0 Å². The lowest BCUT2D eigenvalue weighted by molar-refractivity contribution is 0.183. The fourth-order valence-corrected chi connectivity index (χ4v) is 3.06. The van der Waals surface area contributed by atoms with Crippen LogP contribution in [0.3, 0.4) is 0 Å². The van der Waals surface area contributed by atoms with Gasteiger partial charge in [0.1, 0.15) is 18.2 Å². The lowest BCUT2D eigenvalue weighted by Gasteiger charge is -2.19. The van der Waals surface area contributed by atoms with Gasteiger partial charge in [0.15, 0.2) is 5.82 Å². The van der Waals surface area contributed by atoms with Gasteiger partial charge >= 0.3 is 0 Å². The van der Waals surface area contributed by atoms with E-state index in [4.69, 9.17) is 19.6 Å². The van der Waals surface area contributed by atoms with Crippen LogP contribution in [0.2, 0.25) is 0 Å². The van der Waals surface area contributed by atoms with Crippen LogP contribution < -0.4 is 4.74 Å². The Hall–Kier alpha value is -1.92. The van der Waals surface area contributed by atoms with Crippen LogP contribution in [0.25, 0.3) is 0 Å². The first kappa shape index (κ1) is 18.9. The molecule has 3 rings (SSSR count). The third-order valence-electron chi connectivity index (χ3n) is 4.54. The molecule has 0 N–H and O–H groups in total. The first-order valence-electron chi connectivity index (χ1n) is 9.23. The number of hydrogen-bond donors (Lipinski definition) is 0. The first-order chi connectivity index (χ1) is 12.3. The summed E-state index contributed by atoms with van der Waals surface area (Å²) in [5.41, 5.74) is 1.44. The Bertz CT molecular complexity index is 710. The summed E-state index contributed by atoms with van der Waals surface area (Å²) in [7, 11) is 4.08. The van der Waals surface area contributed by atoms with Crippen molar-refractivity contribution in [2.45, 2.75) is 51.8 Å². The molecule has 0 aliphatic carbocycles. The molecule has 0 bridgehead atoms. The van der Waals surface area contributed by atoms with Crippen molar-refractivity contribution in [1.29, 1.82) is 0 Å². The highest BCUT2D eigenvalue weighted by Crippen LogP contribution is 2.25. The predicted octanol–water partition coefficient (Wildman–Crippen LogP) is 3.18. The molecular weight excluding hydrogens is 328 g/mol. The zero-order valence-electron chi connectivity index (χ0n) is 16.5. The van der Waals surface area contributed by atoms with Gasteiger partial charge in [-0.25, -0.2) is 9.67 Å². The molecule has 0 saturated carbocycles. The molecule has 1 aromatic heterocycles. The van der Waals surface area contributed by atoms with Crippen molar-refractivity contribution in [2.75, 3.05) is 27.3 Å². The average Bonchev–Trinajstić information content (AvgIpc) is 3.21. The van der Waals surface area contributed by atoms with Crippen LogP contribution in [0.4, 0.5) is 0 Å². The van der Waals surface area contributed by atoms with Crippen LogP contribution in [0.1, 0.15) is 50.4 Å². The van der Waals surface area contributed by atoms with E-state index in [1.807, 2.05) is 30.9 Å². The van der Waals surface area contributed by atoms with Crippen molar-refractivity contribution in [3.8, 4) is 5.75 Å².